The number of carbonyl (C=O) groups is 3. The molecule has 0 heterocycles. The van der Waals surface area contributed by atoms with Gasteiger partial charge in [-0.25, -0.2) is 0 Å². The Morgan fingerprint density at radius 1 is 0.903 bits per heavy atom. The molecule has 7 nitrogen and oxygen atoms in total. The van der Waals surface area contributed by atoms with Crippen molar-refractivity contribution in [2.45, 2.75) is 52.6 Å². The Hall–Kier alpha value is -3.35. The topological polar surface area (TPSA) is 99.3 Å². The lowest BCUT2D eigenvalue weighted by atomic mass is 10.1. The Balaban J connectivity index is 1.89. The van der Waals surface area contributed by atoms with E-state index in [0.29, 0.717) is 16.8 Å². The van der Waals surface area contributed by atoms with E-state index in [1.807, 2.05) is 34.6 Å². The van der Waals surface area contributed by atoms with E-state index in [0.717, 1.165) is 12.1 Å². The van der Waals surface area contributed by atoms with E-state index >= 15 is 0 Å². The number of amides is 3. The van der Waals surface area contributed by atoms with Crippen LogP contribution in [0.15, 0.2) is 48.5 Å². The third-order valence-electron chi connectivity index (χ3n) is 4.49. The molecule has 0 bridgehead atoms. The highest BCUT2D eigenvalue weighted by Crippen LogP contribution is 2.13. The molecular formula is C24H32N4O3. The van der Waals surface area contributed by atoms with Gasteiger partial charge in [-0.15, -0.1) is 0 Å². The fourth-order valence-corrected chi connectivity index (χ4v) is 2.69. The Bertz CT molecular complexity index is 917. The third kappa shape index (κ3) is 8.12. The largest absolute Gasteiger partial charge is 0.376 e. The summed E-state index contributed by atoms with van der Waals surface area (Å²) >= 11 is 0. The van der Waals surface area contributed by atoms with Crippen LogP contribution in [-0.2, 0) is 4.79 Å². The number of nitrogens with one attached hydrogen (secondary N) is 4. The van der Waals surface area contributed by atoms with Gasteiger partial charge in [0.15, 0.2) is 0 Å². The lowest BCUT2D eigenvalue weighted by Crippen LogP contribution is -2.40. The van der Waals surface area contributed by atoms with E-state index in [4.69, 9.17) is 0 Å². The first-order valence-electron chi connectivity index (χ1n) is 10.4. The summed E-state index contributed by atoms with van der Waals surface area (Å²) in [6, 6.07) is 13.8. The van der Waals surface area contributed by atoms with Gasteiger partial charge in [-0.3, -0.25) is 14.4 Å². The monoisotopic (exact) mass is 424 g/mol. The minimum Gasteiger partial charge on any atom is -0.376 e. The van der Waals surface area contributed by atoms with Crippen LogP contribution in [-0.4, -0.2) is 35.8 Å². The third-order valence-corrected chi connectivity index (χ3v) is 4.49. The molecule has 0 aliphatic rings. The molecule has 0 spiro atoms. The molecule has 166 valence electrons. The molecule has 0 saturated carbocycles. The van der Waals surface area contributed by atoms with Crippen LogP contribution in [0.25, 0.3) is 0 Å². The van der Waals surface area contributed by atoms with Crippen LogP contribution in [0.3, 0.4) is 0 Å². The predicted molar refractivity (Wildman–Crippen MR) is 124 cm³/mol. The molecule has 1 unspecified atom stereocenters. The van der Waals surface area contributed by atoms with Crippen molar-refractivity contribution in [1.29, 1.82) is 0 Å². The van der Waals surface area contributed by atoms with Crippen molar-refractivity contribution in [1.82, 2.24) is 10.6 Å². The summed E-state index contributed by atoms with van der Waals surface area (Å²) in [5.41, 5.74) is 2.02. The van der Waals surface area contributed by atoms with Gasteiger partial charge in [0.25, 0.3) is 11.8 Å². The highest BCUT2D eigenvalue weighted by atomic mass is 16.2. The maximum Gasteiger partial charge on any atom is 0.251 e. The number of anilines is 2. The van der Waals surface area contributed by atoms with Gasteiger partial charge in [-0.05, 0) is 76.6 Å². The fourth-order valence-electron chi connectivity index (χ4n) is 2.69. The molecule has 0 saturated heterocycles. The first-order valence-corrected chi connectivity index (χ1v) is 10.4. The molecule has 0 aliphatic heterocycles. The summed E-state index contributed by atoms with van der Waals surface area (Å²) in [5, 5.41) is 11.6. The highest BCUT2D eigenvalue weighted by Gasteiger charge is 2.15. The minimum absolute atomic E-state index is 0.0524. The lowest BCUT2D eigenvalue weighted by Gasteiger charge is -2.20. The molecule has 2 aromatic rings. The molecule has 4 N–H and O–H groups in total. The molecule has 0 aliphatic carbocycles. The average Bonchev–Trinajstić information content (AvgIpc) is 2.71. The number of hydrogen-bond donors (Lipinski definition) is 4. The van der Waals surface area contributed by atoms with Crippen LogP contribution in [0.1, 0.15) is 61.8 Å². The number of hydrogen-bond acceptors (Lipinski definition) is 4. The van der Waals surface area contributed by atoms with E-state index in [1.165, 1.54) is 0 Å². The van der Waals surface area contributed by atoms with Gasteiger partial charge in [0.1, 0.15) is 0 Å². The number of benzene rings is 2. The van der Waals surface area contributed by atoms with Gasteiger partial charge in [0.2, 0.25) is 5.91 Å². The van der Waals surface area contributed by atoms with Crippen LogP contribution >= 0.6 is 0 Å². The summed E-state index contributed by atoms with van der Waals surface area (Å²) in [4.78, 5) is 36.7. The SMILES string of the molecule is CCC(C)NC(=O)c1cccc(NC(=O)CNc2ccc(C(=O)NC(C)(C)C)cc2)c1. The maximum absolute atomic E-state index is 12.3. The molecule has 1 atom stereocenters. The van der Waals surface area contributed by atoms with Gasteiger partial charge in [0.05, 0.1) is 6.54 Å². The predicted octanol–water partition coefficient (Wildman–Crippen LogP) is 3.79. The molecule has 3 amide bonds. The second-order valence-electron chi connectivity index (χ2n) is 8.55. The normalized spacial score (nSPS) is 11.9. The van der Waals surface area contributed by atoms with Crippen molar-refractivity contribution >= 4 is 29.1 Å². The average molecular weight is 425 g/mol. The molecule has 31 heavy (non-hydrogen) atoms. The maximum atomic E-state index is 12.3. The molecule has 7 heteroatoms. The Morgan fingerprint density at radius 3 is 2.19 bits per heavy atom. The second kappa shape index (κ2) is 10.6. The van der Waals surface area contributed by atoms with Crippen LogP contribution in [0.4, 0.5) is 11.4 Å². The van der Waals surface area contributed by atoms with Crippen molar-refractivity contribution in [3.63, 3.8) is 0 Å². The van der Waals surface area contributed by atoms with Crippen molar-refractivity contribution in [2.75, 3.05) is 17.2 Å². The summed E-state index contributed by atoms with van der Waals surface area (Å²) < 4.78 is 0. The standard InChI is InChI=1S/C24H32N4O3/c1-6-16(2)26-22(30)18-8-7-9-20(14-18)27-21(29)15-25-19-12-10-17(11-13-19)23(31)28-24(3,4)5/h7-14,16,25H,6,15H2,1-5H3,(H,26,30)(H,27,29)(H,28,31). The number of rotatable bonds is 8. The molecule has 0 fully saturated rings. The zero-order valence-corrected chi connectivity index (χ0v) is 18.8. The Morgan fingerprint density at radius 2 is 1.58 bits per heavy atom. The summed E-state index contributed by atoms with van der Waals surface area (Å²) in [5.74, 6) is -0.553. The summed E-state index contributed by atoms with van der Waals surface area (Å²) in [6.07, 6.45) is 0.843. The van der Waals surface area contributed by atoms with Gasteiger partial charge < -0.3 is 21.3 Å². The van der Waals surface area contributed by atoms with Gasteiger partial charge in [-0.1, -0.05) is 13.0 Å². The van der Waals surface area contributed by atoms with Gasteiger partial charge in [0, 0.05) is 34.1 Å². The van der Waals surface area contributed by atoms with Crippen LogP contribution in [0, 0.1) is 0 Å². The fraction of sp³-hybridized carbons (Fsp3) is 0.375. The molecule has 0 radical (unpaired) electrons. The molecule has 2 rings (SSSR count). The van der Waals surface area contributed by atoms with Crippen LogP contribution < -0.4 is 21.3 Å². The van der Waals surface area contributed by atoms with Crippen molar-refractivity contribution in [3.8, 4) is 0 Å². The highest BCUT2D eigenvalue weighted by molar-refractivity contribution is 5.98. The first kappa shape index (κ1) is 23.9. The van der Waals surface area contributed by atoms with Gasteiger partial charge in [-0.2, -0.15) is 0 Å². The van der Waals surface area contributed by atoms with Crippen molar-refractivity contribution < 1.29 is 14.4 Å². The van der Waals surface area contributed by atoms with E-state index in [-0.39, 0.29) is 35.8 Å². The first-order chi connectivity index (χ1) is 14.6. The summed E-state index contributed by atoms with van der Waals surface area (Å²) in [6.45, 7) is 9.77. The molecule has 2 aromatic carbocycles. The van der Waals surface area contributed by atoms with E-state index in [1.54, 1.807) is 48.5 Å². The molecule has 0 aromatic heterocycles. The quantitative estimate of drug-likeness (QED) is 0.518. The second-order valence-corrected chi connectivity index (χ2v) is 8.55. The van der Waals surface area contributed by atoms with E-state index < -0.39 is 0 Å². The minimum atomic E-state index is -0.307. The Labute approximate surface area is 184 Å². The molecular weight excluding hydrogens is 392 g/mol. The van der Waals surface area contributed by atoms with E-state index in [2.05, 4.69) is 21.3 Å². The Kier molecular flexibility index (Phi) is 8.19. The van der Waals surface area contributed by atoms with Crippen molar-refractivity contribution in [2.24, 2.45) is 0 Å². The van der Waals surface area contributed by atoms with Crippen molar-refractivity contribution in [3.05, 3.63) is 59.7 Å². The van der Waals surface area contributed by atoms with Gasteiger partial charge >= 0.3 is 0 Å². The number of carbonyl (C=O) groups excluding carboxylic acids is 3. The van der Waals surface area contributed by atoms with Crippen LogP contribution in [0.2, 0.25) is 0 Å². The smallest absolute Gasteiger partial charge is 0.251 e. The van der Waals surface area contributed by atoms with Crippen LogP contribution in [0.5, 0.6) is 0 Å². The van der Waals surface area contributed by atoms with E-state index in [9.17, 15) is 14.4 Å². The zero-order valence-electron chi connectivity index (χ0n) is 18.8. The summed E-state index contributed by atoms with van der Waals surface area (Å²) in [7, 11) is 0. The zero-order chi connectivity index (χ0) is 23.0. The lowest BCUT2D eigenvalue weighted by molar-refractivity contribution is -0.114.